The van der Waals surface area contributed by atoms with Crippen molar-refractivity contribution in [1.29, 1.82) is 0 Å². The van der Waals surface area contributed by atoms with Gasteiger partial charge in [0.2, 0.25) is 0 Å². The average molecular weight is 205 g/mol. The quantitative estimate of drug-likeness (QED) is 0.739. The molecule has 1 aromatic carbocycles. The third-order valence-electron chi connectivity index (χ3n) is 2.82. The van der Waals surface area contributed by atoms with Crippen LogP contribution in [0.25, 0.3) is 0 Å². The van der Waals surface area contributed by atoms with Crippen molar-refractivity contribution in [3.05, 3.63) is 30.3 Å². The Morgan fingerprint density at radius 1 is 1.33 bits per heavy atom. The number of para-hydroxylation sites is 1. The van der Waals surface area contributed by atoms with Crippen LogP contribution in [-0.2, 0) is 4.79 Å². The SMILES string of the molecule is O=C1CCCC1C(O)Nc1ccccc1. The smallest absolute Gasteiger partial charge is 0.140 e. The zero-order chi connectivity index (χ0) is 10.7. The number of carbonyl (C=O) groups is 1. The number of aliphatic hydroxyl groups excluding tert-OH is 1. The number of hydrogen-bond donors (Lipinski definition) is 2. The summed E-state index contributed by atoms with van der Waals surface area (Å²) in [6, 6.07) is 9.46. The Bertz CT molecular complexity index is 337. The van der Waals surface area contributed by atoms with E-state index in [-0.39, 0.29) is 11.7 Å². The van der Waals surface area contributed by atoms with Gasteiger partial charge in [0.05, 0.1) is 5.92 Å². The molecule has 1 fully saturated rings. The molecule has 0 radical (unpaired) electrons. The van der Waals surface area contributed by atoms with Crippen LogP contribution in [0.3, 0.4) is 0 Å². The van der Waals surface area contributed by atoms with Gasteiger partial charge in [-0.3, -0.25) is 4.79 Å². The van der Waals surface area contributed by atoms with Gasteiger partial charge in [-0.15, -0.1) is 0 Å². The van der Waals surface area contributed by atoms with E-state index in [2.05, 4.69) is 5.32 Å². The van der Waals surface area contributed by atoms with Crippen molar-refractivity contribution in [3.63, 3.8) is 0 Å². The fourth-order valence-electron chi connectivity index (χ4n) is 1.98. The average Bonchev–Trinajstić information content (AvgIpc) is 2.66. The van der Waals surface area contributed by atoms with Gasteiger partial charge in [-0.1, -0.05) is 18.2 Å². The minimum absolute atomic E-state index is 0.172. The van der Waals surface area contributed by atoms with E-state index in [1.807, 2.05) is 30.3 Å². The molecule has 2 atom stereocenters. The monoisotopic (exact) mass is 205 g/mol. The van der Waals surface area contributed by atoms with Crippen LogP contribution in [0.2, 0.25) is 0 Å². The van der Waals surface area contributed by atoms with Gasteiger partial charge < -0.3 is 10.4 Å². The van der Waals surface area contributed by atoms with E-state index in [1.165, 1.54) is 0 Å². The number of anilines is 1. The second-order valence-corrected chi connectivity index (χ2v) is 3.92. The Morgan fingerprint density at radius 3 is 2.67 bits per heavy atom. The van der Waals surface area contributed by atoms with Crippen molar-refractivity contribution in [3.8, 4) is 0 Å². The molecule has 80 valence electrons. The minimum atomic E-state index is -0.748. The van der Waals surface area contributed by atoms with Gasteiger partial charge in [-0.2, -0.15) is 0 Å². The van der Waals surface area contributed by atoms with E-state index in [0.717, 1.165) is 18.5 Å². The van der Waals surface area contributed by atoms with Crippen molar-refractivity contribution >= 4 is 11.5 Å². The maximum atomic E-state index is 11.4. The molecule has 1 aromatic rings. The minimum Gasteiger partial charge on any atom is -0.373 e. The van der Waals surface area contributed by atoms with E-state index in [0.29, 0.717) is 6.42 Å². The zero-order valence-corrected chi connectivity index (χ0v) is 8.52. The molecule has 2 N–H and O–H groups in total. The lowest BCUT2D eigenvalue weighted by Crippen LogP contribution is -2.31. The number of hydrogen-bond acceptors (Lipinski definition) is 3. The second kappa shape index (κ2) is 4.45. The van der Waals surface area contributed by atoms with Gasteiger partial charge in [0.15, 0.2) is 0 Å². The first-order chi connectivity index (χ1) is 7.27. The topological polar surface area (TPSA) is 49.3 Å². The van der Waals surface area contributed by atoms with E-state index in [4.69, 9.17) is 0 Å². The second-order valence-electron chi connectivity index (χ2n) is 3.92. The van der Waals surface area contributed by atoms with E-state index in [9.17, 15) is 9.90 Å². The predicted octanol–water partition coefficient (Wildman–Crippen LogP) is 1.79. The largest absolute Gasteiger partial charge is 0.373 e. The number of aliphatic hydroxyl groups is 1. The number of ketones is 1. The van der Waals surface area contributed by atoms with Gasteiger partial charge in [-0.25, -0.2) is 0 Å². The number of Topliss-reactive ketones (excluding diaryl/α,β-unsaturated/α-hetero) is 1. The van der Waals surface area contributed by atoms with Crippen LogP contribution < -0.4 is 5.32 Å². The van der Waals surface area contributed by atoms with Crippen molar-refractivity contribution < 1.29 is 9.90 Å². The zero-order valence-electron chi connectivity index (χ0n) is 8.52. The lowest BCUT2D eigenvalue weighted by atomic mass is 10.1. The predicted molar refractivity (Wildman–Crippen MR) is 58.4 cm³/mol. The standard InChI is InChI=1S/C12H15NO2/c14-11-8-4-7-10(11)12(15)13-9-5-2-1-3-6-9/h1-3,5-6,10,12-13,15H,4,7-8H2. The summed E-state index contributed by atoms with van der Waals surface area (Å²) < 4.78 is 0. The lowest BCUT2D eigenvalue weighted by molar-refractivity contribution is -0.123. The number of rotatable bonds is 3. The lowest BCUT2D eigenvalue weighted by Gasteiger charge is -2.19. The molecule has 0 aromatic heterocycles. The van der Waals surface area contributed by atoms with Crippen LogP contribution in [0.1, 0.15) is 19.3 Å². The maximum absolute atomic E-state index is 11.4. The van der Waals surface area contributed by atoms with Gasteiger partial charge in [0.25, 0.3) is 0 Å². The van der Waals surface area contributed by atoms with Crippen LogP contribution in [0, 0.1) is 5.92 Å². The Labute approximate surface area is 89.1 Å². The molecule has 1 aliphatic rings. The summed E-state index contributed by atoms with van der Waals surface area (Å²) in [4.78, 5) is 11.4. The Balaban J connectivity index is 1.97. The third-order valence-corrected chi connectivity index (χ3v) is 2.82. The van der Waals surface area contributed by atoms with Crippen LogP contribution in [0.15, 0.2) is 30.3 Å². The molecule has 2 unspecified atom stereocenters. The Morgan fingerprint density at radius 2 is 2.07 bits per heavy atom. The van der Waals surface area contributed by atoms with Gasteiger partial charge >= 0.3 is 0 Å². The summed E-state index contributed by atoms with van der Waals surface area (Å²) in [5, 5.41) is 12.8. The molecule has 3 heteroatoms. The molecule has 15 heavy (non-hydrogen) atoms. The molecule has 0 amide bonds. The maximum Gasteiger partial charge on any atom is 0.140 e. The van der Waals surface area contributed by atoms with E-state index >= 15 is 0 Å². The molecule has 3 nitrogen and oxygen atoms in total. The highest BCUT2D eigenvalue weighted by Crippen LogP contribution is 2.25. The summed E-state index contributed by atoms with van der Waals surface area (Å²) in [6.45, 7) is 0. The molecule has 0 saturated heterocycles. The number of nitrogens with one attached hydrogen (secondary N) is 1. The number of carbonyl (C=O) groups excluding carboxylic acids is 1. The molecular formula is C12H15NO2. The normalized spacial score (nSPS) is 22.7. The van der Waals surface area contributed by atoms with Crippen LogP contribution in [0.4, 0.5) is 5.69 Å². The van der Waals surface area contributed by atoms with Crippen LogP contribution >= 0.6 is 0 Å². The van der Waals surface area contributed by atoms with Crippen molar-refractivity contribution in [2.75, 3.05) is 5.32 Å². The van der Waals surface area contributed by atoms with Crippen molar-refractivity contribution in [2.45, 2.75) is 25.5 Å². The van der Waals surface area contributed by atoms with E-state index < -0.39 is 6.23 Å². The fourth-order valence-corrected chi connectivity index (χ4v) is 1.98. The van der Waals surface area contributed by atoms with Crippen LogP contribution in [-0.4, -0.2) is 17.1 Å². The molecule has 0 bridgehead atoms. The van der Waals surface area contributed by atoms with Crippen LogP contribution in [0.5, 0.6) is 0 Å². The highest BCUT2D eigenvalue weighted by Gasteiger charge is 2.30. The third kappa shape index (κ3) is 2.36. The first-order valence-electron chi connectivity index (χ1n) is 5.30. The summed E-state index contributed by atoms with van der Waals surface area (Å²) in [5.74, 6) is -0.0591. The molecule has 1 saturated carbocycles. The Kier molecular flexibility index (Phi) is 3.02. The van der Waals surface area contributed by atoms with Gasteiger partial charge in [-0.05, 0) is 25.0 Å². The number of benzene rings is 1. The molecular weight excluding hydrogens is 190 g/mol. The van der Waals surface area contributed by atoms with Gasteiger partial charge in [0, 0.05) is 12.1 Å². The summed E-state index contributed by atoms with van der Waals surface area (Å²) >= 11 is 0. The molecule has 0 heterocycles. The summed E-state index contributed by atoms with van der Waals surface area (Å²) in [6.07, 6.45) is 1.55. The Hall–Kier alpha value is -1.35. The summed E-state index contributed by atoms with van der Waals surface area (Å²) in [7, 11) is 0. The molecule has 2 rings (SSSR count). The first kappa shape index (κ1) is 10.2. The molecule has 0 aliphatic heterocycles. The van der Waals surface area contributed by atoms with E-state index in [1.54, 1.807) is 0 Å². The highest BCUT2D eigenvalue weighted by atomic mass is 16.3. The summed E-state index contributed by atoms with van der Waals surface area (Å²) in [5.41, 5.74) is 0.852. The van der Waals surface area contributed by atoms with Gasteiger partial charge in [0.1, 0.15) is 12.0 Å². The highest BCUT2D eigenvalue weighted by molar-refractivity contribution is 5.83. The fraction of sp³-hybridized carbons (Fsp3) is 0.417. The van der Waals surface area contributed by atoms with Crippen molar-refractivity contribution in [1.82, 2.24) is 0 Å². The molecule has 1 aliphatic carbocycles. The first-order valence-corrected chi connectivity index (χ1v) is 5.30. The molecule has 0 spiro atoms. The van der Waals surface area contributed by atoms with Crippen molar-refractivity contribution in [2.24, 2.45) is 5.92 Å².